The maximum Gasteiger partial charge on any atom is 0.307 e. The molecular weight excluding hydrogens is 242 g/mol. The first kappa shape index (κ1) is 13.9. The average molecular weight is 254 g/mol. The fraction of sp³-hybridized carbons (Fsp3) is 0.333. The van der Waals surface area contributed by atoms with E-state index in [1.165, 1.54) is 19.1 Å². The number of esters is 1. The molecule has 1 aromatic carbocycles. The van der Waals surface area contributed by atoms with Crippen LogP contribution in [0.2, 0.25) is 0 Å². The first-order valence-electron chi connectivity index (χ1n) is 5.16. The Hall–Kier alpha value is -2.16. The number of nitriles is 1. The van der Waals surface area contributed by atoms with E-state index < -0.39 is 17.6 Å². The molecule has 0 amide bonds. The second-order valence-corrected chi connectivity index (χ2v) is 3.65. The predicted molar refractivity (Wildman–Crippen MR) is 61.0 cm³/mol. The van der Waals surface area contributed by atoms with Crippen LogP contribution < -0.4 is 4.90 Å². The number of hydrogen-bond donors (Lipinski definition) is 0. The number of methoxy groups -OCH3 is 1. The number of hydrogen-bond acceptors (Lipinski definition) is 4. The molecule has 0 heterocycles. The Labute approximate surface area is 103 Å². The van der Waals surface area contributed by atoms with Crippen molar-refractivity contribution in [3.05, 3.63) is 29.3 Å². The molecule has 6 heteroatoms. The minimum atomic E-state index is -0.834. The second-order valence-electron chi connectivity index (χ2n) is 3.65. The smallest absolute Gasteiger partial charge is 0.307 e. The Bertz CT molecular complexity index is 474. The second kappa shape index (κ2) is 5.96. The Kier molecular flexibility index (Phi) is 4.60. The summed E-state index contributed by atoms with van der Waals surface area (Å²) >= 11 is 0. The van der Waals surface area contributed by atoms with E-state index in [0.29, 0.717) is 0 Å². The molecule has 0 spiro atoms. The fourth-order valence-electron chi connectivity index (χ4n) is 1.47. The van der Waals surface area contributed by atoms with Gasteiger partial charge in [-0.1, -0.05) is 0 Å². The van der Waals surface area contributed by atoms with Crippen molar-refractivity contribution < 1.29 is 18.3 Å². The van der Waals surface area contributed by atoms with Crippen LogP contribution in [0.3, 0.4) is 0 Å². The van der Waals surface area contributed by atoms with E-state index in [-0.39, 0.29) is 24.2 Å². The van der Waals surface area contributed by atoms with Crippen LogP contribution in [-0.2, 0) is 9.53 Å². The molecule has 0 unspecified atom stereocenters. The lowest BCUT2D eigenvalue weighted by atomic mass is 10.2. The van der Waals surface area contributed by atoms with Crippen LogP contribution in [0.1, 0.15) is 12.0 Å². The van der Waals surface area contributed by atoms with Crippen LogP contribution in [-0.4, -0.2) is 26.7 Å². The largest absolute Gasteiger partial charge is 0.469 e. The molecule has 0 fully saturated rings. The topological polar surface area (TPSA) is 53.3 Å². The first-order valence-corrected chi connectivity index (χ1v) is 5.16. The van der Waals surface area contributed by atoms with Gasteiger partial charge in [0.25, 0.3) is 0 Å². The third-order valence-corrected chi connectivity index (χ3v) is 2.41. The van der Waals surface area contributed by atoms with Gasteiger partial charge in [-0.3, -0.25) is 4.79 Å². The zero-order chi connectivity index (χ0) is 13.7. The summed E-state index contributed by atoms with van der Waals surface area (Å²) in [4.78, 5) is 12.2. The lowest BCUT2D eigenvalue weighted by Crippen LogP contribution is -2.23. The Morgan fingerprint density at radius 1 is 1.44 bits per heavy atom. The third-order valence-electron chi connectivity index (χ3n) is 2.41. The number of carbonyl (C=O) groups excluding carboxylic acids is 1. The minimum Gasteiger partial charge on any atom is -0.469 e. The van der Waals surface area contributed by atoms with Crippen molar-refractivity contribution in [1.29, 1.82) is 5.26 Å². The molecule has 0 saturated carbocycles. The zero-order valence-corrected chi connectivity index (χ0v) is 10.0. The molecule has 0 saturated heterocycles. The summed E-state index contributed by atoms with van der Waals surface area (Å²) < 4.78 is 31.6. The third kappa shape index (κ3) is 3.17. The van der Waals surface area contributed by atoms with Gasteiger partial charge in [-0.05, 0) is 12.1 Å². The van der Waals surface area contributed by atoms with Gasteiger partial charge in [0.05, 0.1) is 25.2 Å². The molecule has 4 nitrogen and oxygen atoms in total. The standard InChI is InChI=1S/C12H12F2N2O2/c1-16(4-3-11(17)18-2)12-9(13)5-8(7-15)6-10(12)14/h5-6H,3-4H2,1-2H3. The Balaban J connectivity index is 2.89. The van der Waals surface area contributed by atoms with Crippen LogP contribution in [0.25, 0.3) is 0 Å². The van der Waals surface area contributed by atoms with Gasteiger partial charge in [0, 0.05) is 13.6 Å². The molecule has 0 aromatic heterocycles. The summed E-state index contributed by atoms with van der Waals surface area (Å²) in [6, 6.07) is 3.56. The van der Waals surface area contributed by atoms with E-state index in [4.69, 9.17) is 5.26 Å². The normalized spacial score (nSPS) is 9.72. The molecule has 0 bridgehead atoms. The van der Waals surface area contributed by atoms with Crippen molar-refractivity contribution in [2.45, 2.75) is 6.42 Å². The summed E-state index contributed by atoms with van der Waals surface area (Å²) in [5.74, 6) is -2.13. The van der Waals surface area contributed by atoms with Gasteiger partial charge < -0.3 is 9.64 Å². The number of anilines is 1. The van der Waals surface area contributed by atoms with Crippen LogP contribution in [0.5, 0.6) is 0 Å². The van der Waals surface area contributed by atoms with Crippen LogP contribution in [0.4, 0.5) is 14.5 Å². The van der Waals surface area contributed by atoms with Crippen LogP contribution >= 0.6 is 0 Å². The summed E-state index contributed by atoms with van der Waals surface area (Å²) in [5, 5.41) is 8.57. The van der Waals surface area contributed by atoms with E-state index in [0.717, 1.165) is 12.1 Å². The fourth-order valence-corrected chi connectivity index (χ4v) is 1.47. The maximum atomic E-state index is 13.6. The van der Waals surface area contributed by atoms with Crippen molar-refractivity contribution >= 4 is 11.7 Å². The molecule has 0 aliphatic rings. The molecule has 96 valence electrons. The number of halogens is 2. The van der Waals surface area contributed by atoms with E-state index in [2.05, 4.69) is 4.74 Å². The highest BCUT2D eigenvalue weighted by Crippen LogP contribution is 2.24. The van der Waals surface area contributed by atoms with Crippen molar-refractivity contribution in [3.63, 3.8) is 0 Å². The first-order chi connectivity index (χ1) is 8.49. The number of rotatable bonds is 4. The molecule has 1 rings (SSSR count). The van der Waals surface area contributed by atoms with Gasteiger partial charge in [-0.2, -0.15) is 5.26 Å². The summed E-state index contributed by atoms with van der Waals surface area (Å²) in [7, 11) is 2.70. The highest BCUT2D eigenvalue weighted by molar-refractivity contribution is 5.70. The van der Waals surface area contributed by atoms with Crippen molar-refractivity contribution in [2.24, 2.45) is 0 Å². The lowest BCUT2D eigenvalue weighted by Gasteiger charge is -2.20. The molecule has 0 aliphatic heterocycles. The minimum absolute atomic E-state index is 0.0197. The predicted octanol–water partition coefficient (Wildman–Crippen LogP) is 1.84. The van der Waals surface area contributed by atoms with E-state index in [1.807, 2.05) is 0 Å². The Morgan fingerprint density at radius 3 is 2.44 bits per heavy atom. The molecule has 0 atom stereocenters. The van der Waals surface area contributed by atoms with E-state index in [1.54, 1.807) is 6.07 Å². The summed E-state index contributed by atoms with van der Waals surface area (Å²) in [5.41, 5.74) is -0.354. The van der Waals surface area contributed by atoms with Gasteiger partial charge in [0.1, 0.15) is 5.69 Å². The van der Waals surface area contributed by atoms with Gasteiger partial charge in [0.15, 0.2) is 11.6 Å². The molecule has 0 N–H and O–H groups in total. The van der Waals surface area contributed by atoms with E-state index >= 15 is 0 Å². The number of carbonyl (C=O) groups is 1. The Morgan fingerprint density at radius 2 is 2.00 bits per heavy atom. The molecular formula is C12H12F2N2O2. The summed E-state index contributed by atoms with van der Waals surface area (Å²) in [6.45, 7) is 0.117. The van der Waals surface area contributed by atoms with Crippen LogP contribution in [0.15, 0.2) is 12.1 Å². The maximum absolute atomic E-state index is 13.6. The number of ether oxygens (including phenoxy) is 1. The molecule has 18 heavy (non-hydrogen) atoms. The SMILES string of the molecule is COC(=O)CCN(C)c1c(F)cc(C#N)cc1F. The highest BCUT2D eigenvalue weighted by Gasteiger charge is 2.16. The van der Waals surface area contributed by atoms with E-state index in [9.17, 15) is 13.6 Å². The van der Waals surface area contributed by atoms with Crippen molar-refractivity contribution in [1.82, 2.24) is 0 Å². The van der Waals surface area contributed by atoms with Gasteiger partial charge in [-0.15, -0.1) is 0 Å². The van der Waals surface area contributed by atoms with Crippen LogP contribution in [0, 0.1) is 23.0 Å². The van der Waals surface area contributed by atoms with Crippen molar-refractivity contribution in [3.8, 4) is 6.07 Å². The van der Waals surface area contributed by atoms with Crippen molar-refractivity contribution in [2.75, 3.05) is 25.6 Å². The lowest BCUT2D eigenvalue weighted by molar-refractivity contribution is -0.140. The summed E-state index contributed by atoms with van der Waals surface area (Å²) in [6.07, 6.45) is 0.0197. The highest BCUT2D eigenvalue weighted by atomic mass is 19.1. The quantitative estimate of drug-likeness (QED) is 0.769. The average Bonchev–Trinajstić information content (AvgIpc) is 2.34. The monoisotopic (exact) mass is 254 g/mol. The van der Waals surface area contributed by atoms with Gasteiger partial charge in [-0.25, -0.2) is 8.78 Å². The molecule has 0 aliphatic carbocycles. The molecule has 1 aromatic rings. The molecule has 0 radical (unpaired) electrons. The van der Waals surface area contributed by atoms with Gasteiger partial charge in [0.2, 0.25) is 0 Å². The number of nitrogens with zero attached hydrogens (tertiary/aromatic N) is 2. The number of benzene rings is 1. The van der Waals surface area contributed by atoms with Gasteiger partial charge >= 0.3 is 5.97 Å². The zero-order valence-electron chi connectivity index (χ0n) is 10.0.